The van der Waals surface area contributed by atoms with Crippen molar-refractivity contribution in [2.45, 2.75) is 24.7 Å². The minimum absolute atomic E-state index is 0.0222. The number of thioether (sulfide) groups is 1. The first-order valence-electron chi connectivity index (χ1n) is 11.0. The zero-order chi connectivity index (χ0) is 25.5. The van der Waals surface area contributed by atoms with Gasteiger partial charge in [-0.05, 0) is 55.0 Å². The van der Waals surface area contributed by atoms with E-state index in [4.69, 9.17) is 16.3 Å². The molecule has 0 saturated carbocycles. The van der Waals surface area contributed by atoms with Crippen LogP contribution in [0.3, 0.4) is 0 Å². The van der Waals surface area contributed by atoms with E-state index < -0.39 is 17.8 Å². The van der Waals surface area contributed by atoms with Crippen LogP contribution in [0.1, 0.15) is 34.7 Å². The van der Waals surface area contributed by atoms with Crippen molar-refractivity contribution in [2.75, 3.05) is 12.4 Å². The maximum atomic E-state index is 14.2. The standard InChI is InChI=1S/C25H22ClF2N5O2S/c1-16(30-24(34)22-20(26)5-2-6-21(22)28)23-31-32-25(33(23)15-17-4-3-11-29-14-17)36-13-12-35-19-9-7-18(27)8-10-19/h2-11,14,16H,12-13,15H2,1H3,(H,30,34). The van der Waals surface area contributed by atoms with Crippen LogP contribution in [0.25, 0.3) is 0 Å². The van der Waals surface area contributed by atoms with Gasteiger partial charge in [0.1, 0.15) is 17.4 Å². The first-order valence-corrected chi connectivity index (χ1v) is 12.4. The highest BCUT2D eigenvalue weighted by Crippen LogP contribution is 2.24. The van der Waals surface area contributed by atoms with Crippen molar-refractivity contribution >= 4 is 29.3 Å². The van der Waals surface area contributed by atoms with Gasteiger partial charge in [0.15, 0.2) is 11.0 Å². The quantitative estimate of drug-likeness (QED) is 0.221. The Balaban J connectivity index is 1.49. The molecule has 1 amide bonds. The molecular weight excluding hydrogens is 508 g/mol. The molecule has 1 unspecified atom stereocenters. The topological polar surface area (TPSA) is 81.9 Å². The van der Waals surface area contributed by atoms with Gasteiger partial charge in [0, 0.05) is 18.1 Å². The summed E-state index contributed by atoms with van der Waals surface area (Å²) in [5, 5.41) is 12.0. The first-order chi connectivity index (χ1) is 17.4. The van der Waals surface area contributed by atoms with Crippen molar-refractivity contribution < 1.29 is 18.3 Å². The first kappa shape index (κ1) is 25.6. The van der Waals surface area contributed by atoms with Crippen molar-refractivity contribution in [1.82, 2.24) is 25.1 Å². The zero-order valence-corrected chi connectivity index (χ0v) is 20.8. The number of halogens is 3. The number of amides is 1. The molecule has 0 bridgehead atoms. The Hall–Kier alpha value is -3.50. The second-order valence-corrected chi connectivity index (χ2v) is 9.20. The van der Waals surface area contributed by atoms with Crippen molar-refractivity contribution in [3.63, 3.8) is 0 Å². The number of hydrogen-bond donors (Lipinski definition) is 1. The average molecular weight is 530 g/mol. The SMILES string of the molecule is CC(NC(=O)c1c(F)cccc1Cl)c1nnc(SCCOc2ccc(F)cc2)n1Cc1cccnc1. The average Bonchev–Trinajstić information content (AvgIpc) is 3.26. The van der Waals surface area contributed by atoms with Gasteiger partial charge >= 0.3 is 0 Å². The Morgan fingerprint density at radius 1 is 1.14 bits per heavy atom. The molecule has 36 heavy (non-hydrogen) atoms. The molecule has 2 aromatic heterocycles. The fraction of sp³-hybridized carbons (Fsp3) is 0.200. The Labute approximate surface area is 215 Å². The third-order valence-corrected chi connectivity index (χ3v) is 6.38. The van der Waals surface area contributed by atoms with E-state index in [9.17, 15) is 13.6 Å². The van der Waals surface area contributed by atoms with Gasteiger partial charge in [-0.2, -0.15) is 0 Å². The third-order valence-electron chi connectivity index (χ3n) is 5.13. The van der Waals surface area contributed by atoms with E-state index in [1.165, 1.54) is 42.1 Å². The lowest BCUT2D eigenvalue weighted by Gasteiger charge is -2.17. The van der Waals surface area contributed by atoms with Crippen LogP contribution in [-0.4, -0.2) is 38.0 Å². The summed E-state index contributed by atoms with van der Waals surface area (Å²) in [7, 11) is 0. The number of nitrogens with one attached hydrogen (secondary N) is 1. The van der Waals surface area contributed by atoms with Gasteiger partial charge in [0.05, 0.1) is 29.8 Å². The lowest BCUT2D eigenvalue weighted by Crippen LogP contribution is -2.30. The summed E-state index contributed by atoms with van der Waals surface area (Å²) in [6, 6.07) is 13.0. The summed E-state index contributed by atoms with van der Waals surface area (Å²) in [5.41, 5.74) is 0.690. The van der Waals surface area contributed by atoms with Crippen molar-refractivity contribution in [1.29, 1.82) is 0 Å². The molecule has 0 aliphatic carbocycles. The predicted molar refractivity (Wildman–Crippen MR) is 133 cm³/mol. The van der Waals surface area contributed by atoms with E-state index in [1.54, 1.807) is 31.5 Å². The van der Waals surface area contributed by atoms with Crippen LogP contribution in [0, 0.1) is 11.6 Å². The Morgan fingerprint density at radius 3 is 2.67 bits per heavy atom. The molecule has 0 spiro atoms. The second kappa shape index (κ2) is 12.0. The number of hydrogen-bond acceptors (Lipinski definition) is 6. The van der Waals surface area contributed by atoms with Crippen molar-refractivity contribution in [3.05, 3.63) is 101 Å². The molecule has 7 nitrogen and oxygen atoms in total. The van der Waals surface area contributed by atoms with Crippen LogP contribution in [0.2, 0.25) is 5.02 Å². The van der Waals surface area contributed by atoms with Gasteiger partial charge in [-0.25, -0.2) is 8.78 Å². The Kier molecular flexibility index (Phi) is 8.50. The van der Waals surface area contributed by atoms with Crippen LogP contribution >= 0.6 is 23.4 Å². The number of rotatable bonds is 10. The van der Waals surface area contributed by atoms with E-state index >= 15 is 0 Å². The number of ether oxygens (including phenoxy) is 1. The summed E-state index contributed by atoms with van der Waals surface area (Å²) in [5.74, 6) is -0.0796. The minimum atomic E-state index is -0.707. The van der Waals surface area contributed by atoms with E-state index in [0.717, 1.165) is 5.56 Å². The molecule has 2 aromatic carbocycles. The van der Waals surface area contributed by atoms with Gasteiger partial charge in [0.2, 0.25) is 0 Å². The summed E-state index contributed by atoms with van der Waals surface area (Å²) < 4.78 is 34.8. The van der Waals surface area contributed by atoms with E-state index in [-0.39, 0.29) is 16.4 Å². The molecule has 0 fully saturated rings. The Bertz CT molecular complexity index is 1300. The number of aromatic nitrogens is 4. The summed E-state index contributed by atoms with van der Waals surface area (Å²) in [4.78, 5) is 16.9. The maximum absolute atomic E-state index is 14.2. The van der Waals surface area contributed by atoms with Crippen molar-refractivity contribution in [3.8, 4) is 5.75 Å². The molecule has 11 heteroatoms. The summed E-state index contributed by atoms with van der Waals surface area (Å²) in [6.07, 6.45) is 3.41. The molecule has 1 atom stereocenters. The van der Waals surface area contributed by atoms with Crippen LogP contribution in [0.15, 0.2) is 72.1 Å². The van der Waals surface area contributed by atoms with Gasteiger partial charge in [-0.1, -0.05) is 35.5 Å². The second-order valence-electron chi connectivity index (χ2n) is 7.73. The van der Waals surface area contributed by atoms with Crippen LogP contribution in [0.4, 0.5) is 8.78 Å². The van der Waals surface area contributed by atoms with Crippen LogP contribution in [0.5, 0.6) is 5.75 Å². The molecule has 4 aromatic rings. The van der Waals surface area contributed by atoms with E-state index in [2.05, 4.69) is 20.5 Å². The molecular formula is C25H22ClF2N5O2S. The monoisotopic (exact) mass is 529 g/mol. The Morgan fingerprint density at radius 2 is 1.94 bits per heavy atom. The molecule has 0 saturated heterocycles. The number of benzene rings is 2. The molecule has 186 valence electrons. The highest BCUT2D eigenvalue weighted by Gasteiger charge is 2.23. The van der Waals surface area contributed by atoms with Crippen molar-refractivity contribution in [2.24, 2.45) is 0 Å². The lowest BCUT2D eigenvalue weighted by molar-refractivity contribution is 0.0933. The predicted octanol–water partition coefficient (Wildman–Crippen LogP) is 5.32. The number of pyridine rings is 1. The van der Waals surface area contributed by atoms with Gasteiger partial charge < -0.3 is 10.1 Å². The van der Waals surface area contributed by atoms with Crippen LogP contribution in [-0.2, 0) is 6.54 Å². The maximum Gasteiger partial charge on any atom is 0.256 e. The number of carbonyl (C=O) groups is 1. The van der Waals surface area contributed by atoms with Crippen LogP contribution < -0.4 is 10.1 Å². The summed E-state index contributed by atoms with van der Waals surface area (Å²) in [6.45, 7) is 2.52. The van der Waals surface area contributed by atoms with E-state index in [1.807, 2.05) is 16.7 Å². The fourth-order valence-electron chi connectivity index (χ4n) is 3.42. The highest BCUT2D eigenvalue weighted by molar-refractivity contribution is 7.99. The zero-order valence-electron chi connectivity index (χ0n) is 19.2. The van der Waals surface area contributed by atoms with Gasteiger partial charge in [-0.3, -0.25) is 14.3 Å². The number of nitrogens with zero attached hydrogens (tertiary/aromatic N) is 4. The fourth-order valence-corrected chi connectivity index (χ4v) is 4.43. The largest absolute Gasteiger partial charge is 0.493 e. The molecule has 0 aliphatic heterocycles. The van der Waals surface area contributed by atoms with E-state index in [0.29, 0.717) is 35.6 Å². The molecule has 0 aliphatic rings. The summed E-state index contributed by atoms with van der Waals surface area (Å²) >= 11 is 7.47. The third kappa shape index (κ3) is 6.38. The molecule has 2 heterocycles. The van der Waals surface area contributed by atoms with Gasteiger partial charge in [-0.15, -0.1) is 10.2 Å². The number of carbonyl (C=O) groups excluding carboxylic acids is 1. The molecule has 0 radical (unpaired) electrons. The van der Waals surface area contributed by atoms with Gasteiger partial charge in [0.25, 0.3) is 5.91 Å². The molecule has 1 N–H and O–H groups in total. The molecule has 4 rings (SSSR count). The smallest absolute Gasteiger partial charge is 0.256 e. The lowest BCUT2D eigenvalue weighted by atomic mass is 10.1. The highest BCUT2D eigenvalue weighted by atomic mass is 35.5. The minimum Gasteiger partial charge on any atom is -0.493 e. The normalized spacial score (nSPS) is 11.8.